The summed E-state index contributed by atoms with van der Waals surface area (Å²) >= 11 is 0. The molecular weight excluding hydrogens is 352 g/mol. The molecule has 2 aromatic carbocycles. The number of halogens is 4. The summed E-state index contributed by atoms with van der Waals surface area (Å²) in [5, 5.41) is 10.1. The van der Waals surface area contributed by atoms with E-state index >= 15 is 0 Å². The van der Waals surface area contributed by atoms with Crippen molar-refractivity contribution in [3.8, 4) is 17.1 Å². The van der Waals surface area contributed by atoms with Crippen molar-refractivity contribution in [2.75, 3.05) is 0 Å². The summed E-state index contributed by atoms with van der Waals surface area (Å²) in [5.41, 5.74) is -2.66. The SMILES string of the molecule is O=C1N=C(c2c(F)cccc2F)c2c(O)[nH]c(-c3c(F)cccc3F)c21. The number of aromatic amines is 1. The molecule has 1 aliphatic rings. The lowest BCUT2D eigenvalue weighted by Gasteiger charge is -2.04. The highest BCUT2D eigenvalue weighted by molar-refractivity contribution is 6.30. The van der Waals surface area contributed by atoms with Crippen molar-refractivity contribution < 1.29 is 27.5 Å². The molecule has 1 aromatic heterocycles. The van der Waals surface area contributed by atoms with E-state index in [-0.39, 0.29) is 16.8 Å². The number of rotatable bonds is 2. The van der Waals surface area contributed by atoms with Crippen molar-refractivity contribution in [3.05, 3.63) is 76.4 Å². The Hall–Kier alpha value is -3.42. The first-order chi connectivity index (χ1) is 12.4. The molecule has 0 saturated carbocycles. The molecule has 4 rings (SSSR count). The molecular formula is C18H8F4N2O2. The zero-order valence-electron chi connectivity index (χ0n) is 12.8. The topological polar surface area (TPSA) is 65.4 Å². The van der Waals surface area contributed by atoms with Crippen molar-refractivity contribution in [2.24, 2.45) is 4.99 Å². The molecule has 0 fully saturated rings. The predicted octanol–water partition coefficient (Wildman–Crippen LogP) is 3.93. The quantitative estimate of drug-likeness (QED) is 0.680. The van der Waals surface area contributed by atoms with Gasteiger partial charge in [0.1, 0.15) is 23.3 Å². The summed E-state index contributed by atoms with van der Waals surface area (Å²) in [7, 11) is 0. The van der Waals surface area contributed by atoms with Crippen molar-refractivity contribution in [1.82, 2.24) is 4.98 Å². The number of hydrogen-bond acceptors (Lipinski definition) is 2. The summed E-state index contributed by atoms with van der Waals surface area (Å²) in [5.74, 6) is -5.61. The van der Waals surface area contributed by atoms with E-state index in [9.17, 15) is 27.5 Å². The van der Waals surface area contributed by atoms with Crippen LogP contribution in [0.25, 0.3) is 11.3 Å². The van der Waals surface area contributed by atoms with Gasteiger partial charge in [0.05, 0.1) is 33.7 Å². The smallest absolute Gasteiger partial charge is 0.280 e. The van der Waals surface area contributed by atoms with E-state index in [1.807, 2.05) is 0 Å². The second kappa shape index (κ2) is 5.55. The summed E-state index contributed by atoms with van der Waals surface area (Å²) in [4.78, 5) is 18.2. The average molecular weight is 360 g/mol. The van der Waals surface area contributed by atoms with Crippen molar-refractivity contribution in [2.45, 2.75) is 0 Å². The average Bonchev–Trinajstić information content (AvgIpc) is 3.07. The number of benzene rings is 2. The van der Waals surface area contributed by atoms with Gasteiger partial charge in [-0.3, -0.25) is 4.79 Å². The molecule has 8 heteroatoms. The second-order valence-corrected chi connectivity index (χ2v) is 5.56. The molecule has 0 aliphatic carbocycles. The van der Waals surface area contributed by atoms with E-state index in [4.69, 9.17) is 0 Å². The third-order valence-electron chi connectivity index (χ3n) is 4.06. The first-order valence-corrected chi connectivity index (χ1v) is 7.37. The second-order valence-electron chi connectivity index (χ2n) is 5.56. The van der Waals surface area contributed by atoms with E-state index in [0.717, 1.165) is 36.4 Å². The number of amides is 1. The summed E-state index contributed by atoms with van der Waals surface area (Å²) in [6, 6.07) is 6.13. The van der Waals surface area contributed by atoms with Gasteiger partial charge in [-0.05, 0) is 24.3 Å². The molecule has 3 aromatic rings. The molecule has 4 nitrogen and oxygen atoms in total. The number of nitrogens with zero attached hydrogens (tertiary/aromatic N) is 1. The number of H-pyrrole nitrogens is 1. The molecule has 0 saturated heterocycles. The van der Waals surface area contributed by atoms with Crippen LogP contribution < -0.4 is 0 Å². The minimum atomic E-state index is -0.997. The van der Waals surface area contributed by atoms with Gasteiger partial charge in [-0.1, -0.05) is 12.1 Å². The molecule has 130 valence electrons. The number of fused-ring (bicyclic) bond motifs is 1. The normalized spacial score (nSPS) is 13.1. The van der Waals surface area contributed by atoms with Crippen LogP contribution in [0.2, 0.25) is 0 Å². The Balaban J connectivity index is 1.99. The Morgan fingerprint density at radius 3 is 1.81 bits per heavy atom. The highest BCUT2D eigenvalue weighted by Crippen LogP contribution is 2.40. The minimum Gasteiger partial charge on any atom is -0.494 e. The fourth-order valence-electron chi connectivity index (χ4n) is 2.97. The summed E-state index contributed by atoms with van der Waals surface area (Å²) < 4.78 is 56.3. The van der Waals surface area contributed by atoms with Gasteiger partial charge >= 0.3 is 0 Å². The molecule has 0 bridgehead atoms. The maximum atomic E-state index is 14.1. The Labute approximate surface area is 143 Å². The van der Waals surface area contributed by atoms with Crippen LogP contribution >= 0.6 is 0 Å². The standard InChI is InChI=1S/C18H8F4N2O2/c19-7-3-1-4-8(20)11(7)15-13-14(18(26)23-15)16(24-17(13)25)12-9(21)5-2-6-10(12)22/h1-6,23,26H. The summed E-state index contributed by atoms with van der Waals surface area (Å²) in [6.07, 6.45) is 0. The van der Waals surface area contributed by atoms with Crippen LogP contribution in [0.5, 0.6) is 5.88 Å². The van der Waals surface area contributed by atoms with E-state index in [0.29, 0.717) is 0 Å². The molecule has 0 atom stereocenters. The molecule has 1 amide bonds. The number of carbonyl (C=O) groups excluding carboxylic acids is 1. The first-order valence-electron chi connectivity index (χ1n) is 7.37. The van der Waals surface area contributed by atoms with Crippen LogP contribution in [0.1, 0.15) is 21.5 Å². The van der Waals surface area contributed by atoms with E-state index in [2.05, 4.69) is 9.98 Å². The molecule has 2 N–H and O–H groups in total. The predicted molar refractivity (Wildman–Crippen MR) is 84.1 cm³/mol. The third-order valence-corrected chi connectivity index (χ3v) is 4.06. The van der Waals surface area contributed by atoms with Gasteiger partial charge in [-0.2, -0.15) is 0 Å². The summed E-state index contributed by atoms with van der Waals surface area (Å²) in [6.45, 7) is 0. The Kier molecular flexibility index (Phi) is 3.43. The zero-order chi connectivity index (χ0) is 18.6. The fourth-order valence-corrected chi connectivity index (χ4v) is 2.97. The highest BCUT2D eigenvalue weighted by atomic mass is 19.1. The van der Waals surface area contributed by atoms with Crippen LogP contribution in [-0.2, 0) is 0 Å². The largest absolute Gasteiger partial charge is 0.494 e. The molecule has 0 spiro atoms. The lowest BCUT2D eigenvalue weighted by Crippen LogP contribution is -2.06. The van der Waals surface area contributed by atoms with Crippen LogP contribution in [0.4, 0.5) is 17.6 Å². The monoisotopic (exact) mass is 360 g/mol. The minimum absolute atomic E-state index is 0.309. The van der Waals surface area contributed by atoms with Crippen LogP contribution in [0, 0.1) is 23.3 Å². The van der Waals surface area contributed by atoms with Crippen molar-refractivity contribution in [3.63, 3.8) is 0 Å². The Morgan fingerprint density at radius 1 is 0.769 bits per heavy atom. The van der Waals surface area contributed by atoms with Gasteiger partial charge in [0.2, 0.25) is 0 Å². The van der Waals surface area contributed by atoms with Crippen molar-refractivity contribution in [1.29, 1.82) is 0 Å². The highest BCUT2D eigenvalue weighted by Gasteiger charge is 2.36. The molecule has 26 heavy (non-hydrogen) atoms. The van der Waals surface area contributed by atoms with Gasteiger partial charge in [-0.25, -0.2) is 22.6 Å². The van der Waals surface area contributed by atoms with Crippen LogP contribution in [-0.4, -0.2) is 21.7 Å². The van der Waals surface area contributed by atoms with Gasteiger partial charge in [0.15, 0.2) is 5.88 Å². The van der Waals surface area contributed by atoms with Gasteiger partial charge in [-0.15, -0.1) is 0 Å². The van der Waals surface area contributed by atoms with Gasteiger partial charge in [0, 0.05) is 0 Å². The molecule has 2 heterocycles. The molecule has 1 aliphatic heterocycles. The fraction of sp³-hybridized carbons (Fsp3) is 0. The molecule has 0 radical (unpaired) electrons. The van der Waals surface area contributed by atoms with E-state index in [1.54, 1.807) is 0 Å². The van der Waals surface area contributed by atoms with Crippen molar-refractivity contribution >= 4 is 11.6 Å². The maximum Gasteiger partial charge on any atom is 0.280 e. The first kappa shape index (κ1) is 16.1. The lowest BCUT2D eigenvalue weighted by molar-refractivity contribution is 0.101. The zero-order valence-corrected chi connectivity index (χ0v) is 12.8. The number of aromatic hydroxyl groups is 1. The lowest BCUT2D eigenvalue weighted by atomic mass is 9.99. The van der Waals surface area contributed by atoms with Gasteiger partial charge < -0.3 is 10.1 Å². The van der Waals surface area contributed by atoms with E-state index < -0.39 is 51.9 Å². The van der Waals surface area contributed by atoms with Crippen LogP contribution in [0.3, 0.4) is 0 Å². The number of aromatic nitrogens is 1. The number of hydrogen-bond donors (Lipinski definition) is 2. The van der Waals surface area contributed by atoms with Gasteiger partial charge in [0.25, 0.3) is 5.91 Å². The Bertz CT molecular complexity index is 1080. The number of aliphatic imine (C=N–C) groups is 1. The van der Waals surface area contributed by atoms with Crippen LogP contribution in [0.15, 0.2) is 41.4 Å². The molecule has 0 unspecified atom stereocenters. The maximum absolute atomic E-state index is 14.1. The third kappa shape index (κ3) is 2.15. The number of nitrogens with one attached hydrogen (secondary N) is 1. The van der Waals surface area contributed by atoms with E-state index in [1.165, 1.54) is 0 Å². The Morgan fingerprint density at radius 2 is 1.27 bits per heavy atom. The number of carbonyl (C=O) groups is 1.